The molecule has 0 aliphatic carbocycles. The first-order valence-corrected chi connectivity index (χ1v) is 6.59. The smallest absolute Gasteiger partial charge is 0.257 e. The fourth-order valence-electron chi connectivity index (χ4n) is 2.39. The maximum Gasteiger partial charge on any atom is 0.257 e. The second kappa shape index (κ2) is 5.93. The van der Waals surface area contributed by atoms with Gasteiger partial charge in [-0.25, -0.2) is 0 Å². The Kier molecular flexibility index (Phi) is 4.27. The van der Waals surface area contributed by atoms with Crippen LogP contribution in [0.3, 0.4) is 0 Å². The molecule has 0 radical (unpaired) electrons. The molecular formula is C14H20N2O3. The number of amides is 1. The van der Waals surface area contributed by atoms with E-state index in [0.29, 0.717) is 12.6 Å². The molecule has 1 atom stereocenters. The Balaban J connectivity index is 2.03. The van der Waals surface area contributed by atoms with E-state index >= 15 is 0 Å². The fraction of sp³-hybridized carbons (Fsp3) is 0.500. The van der Waals surface area contributed by atoms with Gasteiger partial charge in [-0.3, -0.25) is 4.79 Å². The SMILES string of the molecule is CN(CC1CCCCN1)C(=O)c1cc(O)ccc1O. The molecule has 1 aromatic carbocycles. The highest BCUT2D eigenvalue weighted by Gasteiger charge is 2.20. The van der Waals surface area contributed by atoms with E-state index in [4.69, 9.17) is 0 Å². The lowest BCUT2D eigenvalue weighted by Crippen LogP contribution is -2.44. The molecule has 3 N–H and O–H groups in total. The Morgan fingerprint density at radius 2 is 2.21 bits per heavy atom. The van der Waals surface area contributed by atoms with Gasteiger partial charge in [-0.05, 0) is 37.6 Å². The Hall–Kier alpha value is -1.75. The van der Waals surface area contributed by atoms with Crippen LogP contribution >= 0.6 is 0 Å². The van der Waals surface area contributed by atoms with E-state index in [1.54, 1.807) is 11.9 Å². The largest absolute Gasteiger partial charge is 0.508 e. The first kappa shape index (κ1) is 13.7. The first-order valence-electron chi connectivity index (χ1n) is 6.59. The molecule has 1 saturated heterocycles. The topological polar surface area (TPSA) is 72.8 Å². The lowest BCUT2D eigenvalue weighted by Gasteiger charge is -2.28. The number of carbonyl (C=O) groups is 1. The van der Waals surface area contributed by atoms with Crippen LogP contribution in [-0.4, -0.2) is 47.2 Å². The third kappa shape index (κ3) is 3.38. The number of aromatic hydroxyl groups is 2. The average Bonchev–Trinajstić information content (AvgIpc) is 2.42. The maximum atomic E-state index is 12.2. The van der Waals surface area contributed by atoms with Crippen LogP contribution < -0.4 is 5.32 Å². The van der Waals surface area contributed by atoms with Gasteiger partial charge in [0.25, 0.3) is 5.91 Å². The molecule has 1 fully saturated rings. The number of hydrogen-bond acceptors (Lipinski definition) is 4. The van der Waals surface area contributed by atoms with Gasteiger partial charge < -0.3 is 20.4 Å². The number of nitrogens with zero attached hydrogens (tertiary/aromatic N) is 1. The predicted octanol–water partition coefficient (Wildman–Crippen LogP) is 1.31. The zero-order valence-electron chi connectivity index (χ0n) is 11.1. The Bertz CT molecular complexity index is 456. The Morgan fingerprint density at radius 3 is 2.89 bits per heavy atom. The number of carbonyl (C=O) groups excluding carboxylic acids is 1. The molecule has 0 saturated carbocycles. The lowest BCUT2D eigenvalue weighted by molar-refractivity contribution is 0.0772. The molecule has 19 heavy (non-hydrogen) atoms. The van der Waals surface area contributed by atoms with Crippen LogP contribution in [-0.2, 0) is 0 Å². The van der Waals surface area contributed by atoms with Gasteiger partial charge in [0.05, 0.1) is 5.56 Å². The average molecular weight is 264 g/mol. The molecular weight excluding hydrogens is 244 g/mol. The van der Waals surface area contributed by atoms with Gasteiger partial charge in [0.1, 0.15) is 11.5 Å². The minimum absolute atomic E-state index is 0.0228. The van der Waals surface area contributed by atoms with Crippen LogP contribution in [0.5, 0.6) is 11.5 Å². The van der Waals surface area contributed by atoms with Crippen LogP contribution in [0.4, 0.5) is 0 Å². The summed E-state index contributed by atoms with van der Waals surface area (Å²) in [6.07, 6.45) is 3.42. The van der Waals surface area contributed by atoms with Crippen LogP contribution in [0.1, 0.15) is 29.6 Å². The van der Waals surface area contributed by atoms with Crippen molar-refractivity contribution in [1.82, 2.24) is 10.2 Å². The van der Waals surface area contributed by atoms with Crippen molar-refractivity contribution >= 4 is 5.91 Å². The van der Waals surface area contributed by atoms with E-state index in [1.807, 2.05) is 0 Å². The van der Waals surface area contributed by atoms with Crippen molar-refractivity contribution in [2.45, 2.75) is 25.3 Å². The van der Waals surface area contributed by atoms with Crippen molar-refractivity contribution in [2.75, 3.05) is 20.1 Å². The third-order valence-electron chi connectivity index (χ3n) is 3.46. The fourth-order valence-corrected chi connectivity index (χ4v) is 2.39. The zero-order chi connectivity index (χ0) is 13.8. The monoisotopic (exact) mass is 264 g/mol. The second-order valence-electron chi connectivity index (χ2n) is 5.03. The summed E-state index contributed by atoms with van der Waals surface area (Å²) in [4.78, 5) is 13.8. The summed E-state index contributed by atoms with van der Waals surface area (Å²) in [5.41, 5.74) is 0.137. The predicted molar refractivity (Wildman–Crippen MR) is 72.4 cm³/mol. The number of nitrogens with one attached hydrogen (secondary N) is 1. The normalized spacial score (nSPS) is 19.1. The lowest BCUT2D eigenvalue weighted by atomic mass is 10.0. The molecule has 2 rings (SSSR count). The summed E-state index contributed by atoms with van der Waals surface area (Å²) in [7, 11) is 1.71. The number of phenolic OH excluding ortho intramolecular Hbond substituents is 2. The molecule has 1 unspecified atom stereocenters. The van der Waals surface area contributed by atoms with Gasteiger partial charge in [0.2, 0.25) is 0 Å². The highest BCUT2D eigenvalue weighted by atomic mass is 16.3. The van der Waals surface area contributed by atoms with Crippen LogP contribution in [0.25, 0.3) is 0 Å². The summed E-state index contributed by atoms with van der Waals surface area (Å²) in [6.45, 7) is 1.60. The van der Waals surface area contributed by atoms with Crippen LogP contribution in [0.2, 0.25) is 0 Å². The molecule has 5 heteroatoms. The van der Waals surface area contributed by atoms with Crippen molar-refractivity contribution in [2.24, 2.45) is 0 Å². The molecule has 1 amide bonds. The van der Waals surface area contributed by atoms with Gasteiger partial charge in [0, 0.05) is 19.6 Å². The number of benzene rings is 1. The summed E-state index contributed by atoms with van der Waals surface area (Å²) < 4.78 is 0. The van der Waals surface area contributed by atoms with E-state index in [9.17, 15) is 15.0 Å². The summed E-state index contributed by atoms with van der Waals surface area (Å²) in [5.74, 6) is -0.405. The van der Waals surface area contributed by atoms with Gasteiger partial charge in [-0.2, -0.15) is 0 Å². The van der Waals surface area contributed by atoms with E-state index in [0.717, 1.165) is 13.0 Å². The number of hydrogen-bond donors (Lipinski definition) is 3. The number of phenols is 2. The minimum atomic E-state index is -0.277. The van der Waals surface area contributed by atoms with Crippen LogP contribution in [0, 0.1) is 0 Å². The summed E-state index contributed by atoms with van der Waals surface area (Å²) in [6, 6.07) is 4.29. The van der Waals surface area contributed by atoms with Crippen LogP contribution in [0.15, 0.2) is 18.2 Å². The van der Waals surface area contributed by atoms with Crippen molar-refractivity contribution in [3.05, 3.63) is 23.8 Å². The third-order valence-corrected chi connectivity index (χ3v) is 3.46. The summed E-state index contributed by atoms with van der Waals surface area (Å²) in [5, 5.41) is 22.5. The van der Waals surface area contributed by atoms with Crippen molar-refractivity contribution in [1.29, 1.82) is 0 Å². The Labute approximate surface area is 112 Å². The molecule has 1 aromatic rings. The number of piperidine rings is 1. The van der Waals surface area contributed by atoms with Gasteiger partial charge in [0.15, 0.2) is 0 Å². The molecule has 104 valence electrons. The van der Waals surface area contributed by atoms with E-state index in [2.05, 4.69) is 5.32 Å². The number of rotatable bonds is 3. The van der Waals surface area contributed by atoms with Gasteiger partial charge in [-0.15, -0.1) is 0 Å². The molecule has 1 heterocycles. The van der Waals surface area contributed by atoms with E-state index in [-0.39, 0.29) is 23.0 Å². The summed E-state index contributed by atoms with van der Waals surface area (Å²) >= 11 is 0. The van der Waals surface area contributed by atoms with Crippen molar-refractivity contribution < 1.29 is 15.0 Å². The second-order valence-corrected chi connectivity index (χ2v) is 5.03. The molecule has 0 aromatic heterocycles. The Morgan fingerprint density at radius 1 is 1.42 bits per heavy atom. The van der Waals surface area contributed by atoms with E-state index in [1.165, 1.54) is 31.0 Å². The first-order chi connectivity index (χ1) is 9.08. The molecule has 0 bridgehead atoms. The molecule has 0 spiro atoms. The van der Waals surface area contributed by atoms with E-state index < -0.39 is 0 Å². The molecule has 5 nitrogen and oxygen atoms in total. The van der Waals surface area contributed by atoms with Gasteiger partial charge >= 0.3 is 0 Å². The quantitative estimate of drug-likeness (QED) is 0.720. The van der Waals surface area contributed by atoms with Crippen molar-refractivity contribution in [3.8, 4) is 11.5 Å². The molecule has 1 aliphatic heterocycles. The minimum Gasteiger partial charge on any atom is -0.508 e. The standard InChI is InChI=1S/C14H20N2O3/c1-16(9-10-4-2-3-7-15-10)14(19)12-8-11(17)5-6-13(12)18/h5-6,8,10,15,17-18H,2-4,7,9H2,1H3. The number of likely N-dealkylation sites (N-methyl/N-ethyl adjacent to an activating group) is 1. The van der Waals surface area contributed by atoms with Gasteiger partial charge in [-0.1, -0.05) is 6.42 Å². The highest BCUT2D eigenvalue weighted by Crippen LogP contribution is 2.23. The highest BCUT2D eigenvalue weighted by molar-refractivity contribution is 5.97. The molecule has 1 aliphatic rings. The maximum absolute atomic E-state index is 12.2. The van der Waals surface area contributed by atoms with Crippen molar-refractivity contribution in [3.63, 3.8) is 0 Å². The zero-order valence-corrected chi connectivity index (χ0v) is 11.1.